The van der Waals surface area contributed by atoms with Crippen LogP contribution in [0.4, 0.5) is 11.4 Å². The Bertz CT molecular complexity index is 778. The molecule has 0 bridgehead atoms. The fourth-order valence-corrected chi connectivity index (χ4v) is 2.37. The number of hydrogen-bond donors (Lipinski definition) is 2. The summed E-state index contributed by atoms with van der Waals surface area (Å²) in [4.78, 5) is 24.4. The lowest BCUT2D eigenvalue weighted by Crippen LogP contribution is -2.45. The molecule has 0 saturated carbocycles. The molecule has 0 aliphatic carbocycles. The average molecular weight is 333 g/mol. The molecular formula is C16H13ClN2O4. The van der Waals surface area contributed by atoms with Crippen LogP contribution in [0.5, 0.6) is 11.5 Å². The Balaban J connectivity index is 1.82. The van der Waals surface area contributed by atoms with Gasteiger partial charge in [-0.3, -0.25) is 9.59 Å². The second kappa shape index (κ2) is 6.18. The van der Waals surface area contributed by atoms with Crippen molar-refractivity contribution in [2.24, 2.45) is 0 Å². The lowest BCUT2D eigenvalue weighted by atomic mass is 10.2. The first-order chi connectivity index (χ1) is 11.1. The summed E-state index contributed by atoms with van der Waals surface area (Å²) in [6.07, 6.45) is -1.30. The van der Waals surface area contributed by atoms with Crippen LogP contribution in [0.15, 0.2) is 42.5 Å². The Labute approximate surface area is 137 Å². The first kappa shape index (κ1) is 15.2. The molecule has 0 spiro atoms. The van der Waals surface area contributed by atoms with Gasteiger partial charge in [0, 0.05) is 5.02 Å². The van der Waals surface area contributed by atoms with E-state index in [2.05, 4.69) is 10.6 Å². The van der Waals surface area contributed by atoms with Gasteiger partial charge >= 0.3 is 0 Å². The lowest BCUT2D eigenvalue weighted by molar-refractivity contribution is -0.133. The zero-order valence-electron chi connectivity index (χ0n) is 12.1. The molecule has 23 heavy (non-hydrogen) atoms. The molecule has 0 radical (unpaired) electrons. The topological polar surface area (TPSA) is 76.7 Å². The van der Waals surface area contributed by atoms with Crippen LogP contribution in [0, 0.1) is 0 Å². The highest BCUT2D eigenvalue weighted by atomic mass is 35.5. The maximum atomic E-state index is 12.4. The SMILES string of the molecule is COc1ccc(Cl)cc1NC(=O)[C@H]1Oc2ccccc2NC1=O. The highest BCUT2D eigenvalue weighted by Crippen LogP contribution is 2.31. The summed E-state index contributed by atoms with van der Waals surface area (Å²) in [7, 11) is 1.47. The molecule has 2 aromatic carbocycles. The normalized spacial score (nSPS) is 15.9. The van der Waals surface area contributed by atoms with Crippen molar-refractivity contribution >= 4 is 34.8 Å². The number of rotatable bonds is 3. The molecule has 0 aromatic heterocycles. The van der Waals surface area contributed by atoms with Crippen LogP contribution in [0.25, 0.3) is 0 Å². The minimum atomic E-state index is -1.30. The van der Waals surface area contributed by atoms with Gasteiger partial charge < -0.3 is 20.1 Å². The summed E-state index contributed by atoms with van der Waals surface area (Å²) < 4.78 is 10.6. The number of hydrogen-bond acceptors (Lipinski definition) is 4. The highest BCUT2D eigenvalue weighted by Gasteiger charge is 2.34. The van der Waals surface area contributed by atoms with Crippen molar-refractivity contribution in [3.63, 3.8) is 0 Å². The van der Waals surface area contributed by atoms with E-state index in [0.29, 0.717) is 27.9 Å². The Morgan fingerprint density at radius 1 is 1.30 bits per heavy atom. The van der Waals surface area contributed by atoms with Crippen molar-refractivity contribution in [3.05, 3.63) is 47.5 Å². The van der Waals surface area contributed by atoms with Gasteiger partial charge in [0.05, 0.1) is 18.5 Å². The summed E-state index contributed by atoms with van der Waals surface area (Å²) in [5, 5.41) is 5.66. The molecule has 1 atom stereocenters. The third kappa shape index (κ3) is 3.07. The number of carbonyl (C=O) groups is 2. The molecular weight excluding hydrogens is 320 g/mol. The predicted molar refractivity (Wildman–Crippen MR) is 86.1 cm³/mol. The van der Waals surface area contributed by atoms with Crippen LogP contribution in [-0.2, 0) is 9.59 Å². The summed E-state index contributed by atoms with van der Waals surface area (Å²) in [5.74, 6) is -0.288. The maximum absolute atomic E-state index is 12.4. The highest BCUT2D eigenvalue weighted by molar-refractivity contribution is 6.31. The van der Waals surface area contributed by atoms with Crippen molar-refractivity contribution in [2.45, 2.75) is 6.10 Å². The number of benzene rings is 2. The quantitative estimate of drug-likeness (QED) is 0.847. The fourth-order valence-electron chi connectivity index (χ4n) is 2.20. The number of nitrogens with one attached hydrogen (secondary N) is 2. The third-order valence-corrected chi connectivity index (χ3v) is 3.52. The van der Waals surface area contributed by atoms with E-state index in [4.69, 9.17) is 21.1 Å². The summed E-state index contributed by atoms with van der Waals surface area (Å²) in [5.41, 5.74) is 0.891. The third-order valence-electron chi connectivity index (χ3n) is 3.29. The molecule has 1 aliphatic heterocycles. The zero-order valence-corrected chi connectivity index (χ0v) is 12.9. The first-order valence-corrected chi connectivity index (χ1v) is 7.17. The van der Waals surface area contributed by atoms with E-state index in [-0.39, 0.29) is 0 Å². The second-order valence-electron chi connectivity index (χ2n) is 4.82. The molecule has 0 fully saturated rings. The second-order valence-corrected chi connectivity index (χ2v) is 5.25. The van der Waals surface area contributed by atoms with Gasteiger partial charge in [0.25, 0.3) is 17.9 Å². The smallest absolute Gasteiger partial charge is 0.275 e. The number of halogens is 1. The first-order valence-electron chi connectivity index (χ1n) is 6.79. The fraction of sp³-hybridized carbons (Fsp3) is 0.125. The molecule has 2 amide bonds. The zero-order chi connectivity index (χ0) is 16.4. The van der Waals surface area contributed by atoms with Gasteiger partial charge in [-0.05, 0) is 30.3 Å². The molecule has 118 valence electrons. The average Bonchev–Trinajstić information content (AvgIpc) is 2.54. The Hall–Kier alpha value is -2.73. The number of ether oxygens (including phenoxy) is 2. The summed E-state index contributed by atoms with van der Waals surface area (Å²) >= 11 is 5.92. The van der Waals surface area contributed by atoms with Crippen LogP contribution in [-0.4, -0.2) is 25.0 Å². The summed E-state index contributed by atoms with van der Waals surface area (Å²) in [6, 6.07) is 11.7. The Kier molecular flexibility index (Phi) is 4.08. The van der Waals surface area contributed by atoms with Crippen molar-refractivity contribution in [3.8, 4) is 11.5 Å². The van der Waals surface area contributed by atoms with Gasteiger partial charge in [0.1, 0.15) is 11.5 Å². The molecule has 2 aromatic rings. The van der Waals surface area contributed by atoms with Crippen LogP contribution in [0.1, 0.15) is 0 Å². The number of fused-ring (bicyclic) bond motifs is 1. The van der Waals surface area contributed by atoms with Crippen molar-refractivity contribution in [1.29, 1.82) is 0 Å². The van der Waals surface area contributed by atoms with E-state index in [1.165, 1.54) is 13.2 Å². The van der Waals surface area contributed by atoms with Gasteiger partial charge in [-0.15, -0.1) is 0 Å². The molecule has 7 heteroatoms. The van der Waals surface area contributed by atoms with E-state index < -0.39 is 17.9 Å². The van der Waals surface area contributed by atoms with E-state index in [0.717, 1.165) is 0 Å². The molecule has 2 N–H and O–H groups in total. The number of amides is 2. The Morgan fingerprint density at radius 2 is 2.09 bits per heavy atom. The van der Waals surface area contributed by atoms with Crippen LogP contribution in [0.3, 0.4) is 0 Å². The van der Waals surface area contributed by atoms with Gasteiger partial charge in [0.2, 0.25) is 0 Å². The monoisotopic (exact) mass is 332 g/mol. The lowest BCUT2D eigenvalue weighted by Gasteiger charge is -2.25. The number of carbonyl (C=O) groups excluding carboxylic acids is 2. The van der Waals surface area contributed by atoms with E-state index >= 15 is 0 Å². The van der Waals surface area contributed by atoms with Crippen LogP contribution in [0.2, 0.25) is 5.02 Å². The van der Waals surface area contributed by atoms with E-state index in [1.807, 2.05) is 0 Å². The molecule has 0 unspecified atom stereocenters. The van der Waals surface area contributed by atoms with Gasteiger partial charge in [-0.25, -0.2) is 0 Å². The number of para-hydroxylation sites is 2. The van der Waals surface area contributed by atoms with Gasteiger partial charge in [0.15, 0.2) is 0 Å². The summed E-state index contributed by atoms with van der Waals surface area (Å²) in [6.45, 7) is 0. The Morgan fingerprint density at radius 3 is 2.87 bits per heavy atom. The van der Waals surface area contributed by atoms with Crippen molar-refractivity contribution in [2.75, 3.05) is 17.7 Å². The van der Waals surface area contributed by atoms with Crippen LogP contribution >= 0.6 is 11.6 Å². The minimum Gasteiger partial charge on any atom is -0.495 e. The molecule has 1 heterocycles. The van der Waals surface area contributed by atoms with Crippen molar-refractivity contribution in [1.82, 2.24) is 0 Å². The minimum absolute atomic E-state index is 0.361. The van der Waals surface area contributed by atoms with E-state index in [9.17, 15) is 9.59 Å². The maximum Gasteiger partial charge on any atom is 0.275 e. The van der Waals surface area contributed by atoms with Crippen molar-refractivity contribution < 1.29 is 19.1 Å². The van der Waals surface area contributed by atoms with Crippen LogP contribution < -0.4 is 20.1 Å². The standard InChI is InChI=1S/C16H13ClN2O4/c1-22-12-7-6-9(17)8-11(12)19-16(21)14-15(20)18-10-4-2-3-5-13(10)23-14/h2-8,14H,1H3,(H,18,20)(H,19,21)/t14-/m0/s1. The van der Waals surface area contributed by atoms with Gasteiger partial charge in [-0.2, -0.15) is 0 Å². The predicted octanol–water partition coefficient (Wildman–Crippen LogP) is 2.69. The largest absolute Gasteiger partial charge is 0.495 e. The molecule has 6 nitrogen and oxygen atoms in total. The van der Waals surface area contributed by atoms with E-state index in [1.54, 1.807) is 36.4 Å². The molecule has 1 aliphatic rings. The molecule has 0 saturated heterocycles. The molecule has 3 rings (SSSR count). The number of anilines is 2. The number of methoxy groups -OCH3 is 1. The van der Waals surface area contributed by atoms with Gasteiger partial charge in [-0.1, -0.05) is 23.7 Å².